The second-order valence-corrected chi connectivity index (χ2v) is 7.48. The van der Waals surface area contributed by atoms with E-state index in [1.807, 2.05) is 67.1 Å². The highest BCUT2D eigenvalue weighted by atomic mass is 35.5. The van der Waals surface area contributed by atoms with Crippen LogP contribution in [0.4, 0.5) is 5.82 Å². The van der Waals surface area contributed by atoms with Gasteiger partial charge < -0.3 is 19.6 Å². The van der Waals surface area contributed by atoms with Crippen molar-refractivity contribution in [3.8, 4) is 6.07 Å². The van der Waals surface area contributed by atoms with E-state index in [4.69, 9.17) is 16.0 Å². The summed E-state index contributed by atoms with van der Waals surface area (Å²) in [4.78, 5) is 12.6. The number of quaternary nitrogens is 1. The minimum atomic E-state index is -0.173. The smallest absolute Gasteiger partial charge is 0.280 e. The predicted octanol–water partition coefficient (Wildman–Crippen LogP) is 3.53. The molecule has 0 spiro atoms. The van der Waals surface area contributed by atoms with Crippen LogP contribution in [0.25, 0.3) is 0 Å². The van der Waals surface area contributed by atoms with Crippen LogP contribution >= 0.6 is 11.6 Å². The molecular weight excluding hydrogens is 388 g/mol. The highest BCUT2D eigenvalue weighted by molar-refractivity contribution is 6.30. The highest BCUT2D eigenvalue weighted by Crippen LogP contribution is 2.27. The molecule has 0 unspecified atom stereocenters. The van der Waals surface area contributed by atoms with Crippen LogP contribution < -0.4 is 10.6 Å². The molecular formula is C22H24ClN4O2+. The van der Waals surface area contributed by atoms with E-state index >= 15 is 0 Å². The lowest BCUT2D eigenvalue weighted by Crippen LogP contribution is -2.86. The number of anilines is 1. The van der Waals surface area contributed by atoms with Crippen molar-refractivity contribution in [2.75, 3.05) is 11.9 Å². The maximum absolute atomic E-state index is 12.6. The molecule has 0 saturated heterocycles. The van der Waals surface area contributed by atoms with Gasteiger partial charge in [0.15, 0.2) is 6.54 Å². The number of carbonyl (C=O) groups is 1. The summed E-state index contributed by atoms with van der Waals surface area (Å²) in [5.74, 6) is 1.09. The normalized spacial score (nSPS) is 11.8. The van der Waals surface area contributed by atoms with E-state index in [9.17, 15) is 10.1 Å². The third kappa shape index (κ3) is 4.70. The molecule has 29 heavy (non-hydrogen) atoms. The van der Waals surface area contributed by atoms with Gasteiger partial charge in [0.2, 0.25) is 0 Å². The molecule has 0 aliphatic heterocycles. The minimum Gasteiger partial charge on any atom is -0.467 e. The molecule has 1 amide bonds. The summed E-state index contributed by atoms with van der Waals surface area (Å²) >= 11 is 6.05. The van der Waals surface area contributed by atoms with Gasteiger partial charge in [0.25, 0.3) is 5.91 Å². The standard InChI is InChI=1S/C22H23ClN4O2/c1-14-16(3)27(13-19-8-5-9-29-19)22(20(14)11-24)26-21(28)12-25-15(2)17-6-4-7-18(23)10-17/h4-10,15,25H,12-13H2,1-3H3,(H,26,28)/p+1/t15-/m0/s1. The average molecular weight is 412 g/mol. The van der Waals surface area contributed by atoms with Gasteiger partial charge in [0.1, 0.15) is 23.7 Å². The number of furan rings is 1. The summed E-state index contributed by atoms with van der Waals surface area (Å²) < 4.78 is 7.35. The molecule has 2 heterocycles. The average Bonchev–Trinajstić information content (AvgIpc) is 3.29. The quantitative estimate of drug-likeness (QED) is 0.623. The molecule has 1 aromatic carbocycles. The highest BCUT2D eigenvalue weighted by Gasteiger charge is 2.21. The Labute approximate surface area is 175 Å². The van der Waals surface area contributed by atoms with Crippen LogP contribution in [-0.2, 0) is 11.3 Å². The lowest BCUT2D eigenvalue weighted by atomic mass is 10.1. The first kappa shape index (κ1) is 20.7. The van der Waals surface area contributed by atoms with Gasteiger partial charge in [-0.25, -0.2) is 0 Å². The molecule has 150 valence electrons. The van der Waals surface area contributed by atoms with Crippen LogP contribution in [0.3, 0.4) is 0 Å². The number of hydrogen-bond acceptors (Lipinski definition) is 3. The predicted molar refractivity (Wildman–Crippen MR) is 112 cm³/mol. The fourth-order valence-electron chi connectivity index (χ4n) is 3.28. The van der Waals surface area contributed by atoms with Gasteiger partial charge in [-0.05, 0) is 50.6 Å². The Morgan fingerprint density at radius 3 is 2.79 bits per heavy atom. The van der Waals surface area contributed by atoms with Crippen LogP contribution in [0.5, 0.6) is 0 Å². The number of halogens is 1. The van der Waals surface area contributed by atoms with Crippen molar-refractivity contribution < 1.29 is 14.5 Å². The van der Waals surface area contributed by atoms with Crippen molar-refractivity contribution in [1.82, 2.24) is 4.57 Å². The topological polar surface area (TPSA) is 87.6 Å². The largest absolute Gasteiger partial charge is 0.467 e. The molecule has 2 aromatic heterocycles. The third-order valence-electron chi connectivity index (χ3n) is 5.12. The molecule has 0 bridgehead atoms. The Hall–Kier alpha value is -3.01. The van der Waals surface area contributed by atoms with Crippen molar-refractivity contribution in [3.05, 3.63) is 75.8 Å². The number of nitrogens with two attached hydrogens (primary N) is 1. The fourth-order valence-corrected chi connectivity index (χ4v) is 3.48. The number of nitrogens with one attached hydrogen (secondary N) is 1. The molecule has 7 heteroatoms. The first-order valence-electron chi connectivity index (χ1n) is 9.41. The molecule has 0 fully saturated rings. The third-order valence-corrected chi connectivity index (χ3v) is 5.36. The van der Waals surface area contributed by atoms with Crippen molar-refractivity contribution in [2.24, 2.45) is 0 Å². The number of aromatic nitrogens is 1. The van der Waals surface area contributed by atoms with E-state index < -0.39 is 0 Å². The van der Waals surface area contributed by atoms with Crippen LogP contribution in [0.15, 0.2) is 47.1 Å². The number of benzene rings is 1. The van der Waals surface area contributed by atoms with E-state index in [0.29, 0.717) is 22.9 Å². The molecule has 3 rings (SSSR count). The number of carbonyl (C=O) groups excluding carboxylic acids is 1. The maximum Gasteiger partial charge on any atom is 0.280 e. The molecule has 0 aliphatic rings. The summed E-state index contributed by atoms with van der Waals surface area (Å²) in [7, 11) is 0. The molecule has 0 saturated carbocycles. The molecule has 0 radical (unpaired) electrons. The van der Waals surface area contributed by atoms with Gasteiger partial charge in [-0.3, -0.25) is 4.79 Å². The van der Waals surface area contributed by atoms with E-state index in [0.717, 1.165) is 22.6 Å². The van der Waals surface area contributed by atoms with Crippen LogP contribution in [-0.4, -0.2) is 17.0 Å². The first-order chi connectivity index (χ1) is 13.9. The van der Waals surface area contributed by atoms with Gasteiger partial charge in [-0.1, -0.05) is 23.7 Å². The van der Waals surface area contributed by atoms with Gasteiger partial charge in [-0.15, -0.1) is 0 Å². The Morgan fingerprint density at radius 1 is 1.34 bits per heavy atom. The summed E-state index contributed by atoms with van der Waals surface area (Å²) in [6, 6.07) is 13.6. The summed E-state index contributed by atoms with van der Waals surface area (Å²) in [5.41, 5.74) is 3.30. The first-order valence-corrected chi connectivity index (χ1v) is 9.79. The minimum absolute atomic E-state index is 0.0771. The van der Waals surface area contributed by atoms with Crippen molar-refractivity contribution in [1.29, 1.82) is 5.26 Å². The number of nitriles is 1. The monoisotopic (exact) mass is 411 g/mol. The molecule has 0 aliphatic carbocycles. The van der Waals surface area contributed by atoms with Crippen molar-refractivity contribution in [3.63, 3.8) is 0 Å². The SMILES string of the molecule is Cc1c(C#N)c(NC(=O)C[NH2+][C@@H](C)c2cccc(Cl)c2)n(Cc2ccco2)c1C. The van der Waals surface area contributed by atoms with Gasteiger partial charge in [-0.2, -0.15) is 5.26 Å². The zero-order chi connectivity index (χ0) is 21.0. The van der Waals surface area contributed by atoms with Crippen molar-refractivity contribution in [2.45, 2.75) is 33.4 Å². The lowest BCUT2D eigenvalue weighted by molar-refractivity contribution is -0.682. The zero-order valence-electron chi connectivity index (χ0n) is 16.7. The number of rotatable bonds is 7. The summed E-state index contributed by atoms with van der Waals surface area (Å²) in [6.45, 7) is 6.51. The second kappa shape index (κ2) is 8.99. The summed E-state index contributed by atoms with van der Waals surface area (Å²) in [6.07, 6.45) is 1.61. The van der Waals surface area contributed by atoms with E-state index in [2.05, 4.69) is 11.4 Å². The van der Waals surface area contributed by atoms with Gasteiger partial charge in [0.05, 0.1) is 18.4 Å². The Morgan fingerprint density at radius 2 is 2.14 bits per heavy atom. The lowest BCUT2D eigenvalue weighted by Gasteiger charge is -2.14. The zero-order valence-corrected chi connectivity index (χ0v) is 17.5. The number of nitrogens with zero attached hydrogens (tertiary/aromatic N) is 2. The van der Waals surface area contributed by atoms with Gasteiger partial charge >= 0.3 is 0 Å². The molecule has 1 atom stereocenters. The molecule has 3 N–H and O–H groups in total. The van der Waals surface area contributed by atoms with Crippen LogP contribution in [0.1, 0.15) is 41.1 Å². The fraction of sp³-hybridized carbons (Fsp3) is 0.273. The maximum atomic E-state index is 12.6. The van der Waals surface area contributed by atoms with Crippen molar-refractivity contribution >= 4 is 23.3 Å². The Bertz CT molecular complexity index is 1050. The molecule has 6 nitrogen and oxygen atoms in total. The molecule has 3 aromatic rings. The number of amides is 1. The summed E-state index contributed by atoms with van der Waals surface area (Å²) in [5, 5.41) is 15.1. The second-order valence-electron chi connectivity index (χ2n) is 7.04. The van der Waals surface area contributed by atoms with Gasteiger partial charge in [0, 0.05) is 16.3 Å². The van der Waals surface area contributed by atoms with E-state index in [1.54, 1.807) is 6.26 Å². The van der Waals surface area contributed by atoms with Crippen LogP contribution in [0, 0.1) is 25.2 Å². The van der Waals surface area contributed by atoms with E-state index in [1.165, 1.54) is 0 Å². The van der Waals surface area contributed by atoms with Crippen LogP contribution in [0.2, 0.25) is 5.02 Å². The number of hydrogen-bond donors (Lipinski definition) is 2. The Balaban J connectivity index is 1.74. The Kier molecular flexibility index (Phi) is 6.42. The van der Waals surface area contributed by atoms with E-state index in [-0.39, 0.29) is 18.5 Å².